The highest BCUT2D eigenvalue weighted by Gasteiger charge is 2.16. The molecule has 6 N–H and O–H groups in total. The molecule has 0 unspecified atom stereocenters. The number of primary amides is 1. The minimum Gasteiger partial charge on any atom is -0.462 e. The molecule has 0 saturated heterocycles. The molecule has 0 bridgehead atoms. The van der Waals surface area contributed by atoms with Crippen LogP contribution in [0.4, 0.5) is 0 Å². The van der Waals surface area contributed by atoms with Gasteiger partial charge in [0.05, 0.1) is 6.42 Å². The van der Waals surface area contributed by atoms with Crippen LogP contribution in [0, 0.1) is 0 Å². The van der Waals surface area contributed by atoms with E-state index < -0.39 is 12.0 Å². The van der Waals surface area contributed by atoms with Crippen molar-refractivity contribution in [2.75, 3.05) is 6.54 Å². The number of hydrogen-bond donors (Lipinski definition) is 3. The molecule has 20 heavy (non-hydrogen) atoms. The van der Waals surface area contributed by atoms with Crippen LogP contribution in [-0.4, -0.2) is 30.5 Å². The molecule has 0 rings (SSSR count). The lowest BCUT2D eigenvalue weighted by molar-refractivity contribution is -0.150. The maximum absolute atomic E-state index is 11.5. The fraction of sp³-hybridized carbons (Fsp3) is 0.769. The van der Waals surface area contributed by atoms with Gasteiger partial charge in [0.25, 0.3) is 0 Å². The van der Waals surface area contributed by atoms with Gasteiger partial charge in [-0.3, -0.25) is 14.6 Å². The van der Waals surface area contributed by atoms with Gasteiger partial charge in [0.15, 0.2) is 5.96 Å². The van der Waals surface area contributed by atoms with Crippen molar-refractivity contribution in [2.45, 2.75) is 58.0 Å². The molecule has 0 aromatic heterocycles. The summed E-state index contributed by atoms with van der Waals surface area (Å²) in [5.74, 6) is -0.686. The summed E-state index contributed by atoms with van der Waals surface area (Å²) >= 11 is 0. The summed E-state index contributed by atoms with van der Waals surface area (Å²) in [6.45, 7) is 2.52. The van der Waals surface area contributed by atoms with Crippen LogP contribution in [0.1, 0.15) is 51.9 Å². The highest BCUT2D eigenvalue weighted by molar-refractivity contribution is 5.76. The number of unbranched alkanes of at least 4 members (excludes halogenated alkanes) is 2. The number of esters is 1. The molecule has 0 saturated carbocycles. The molecular weight excluding hydrogens is 260 g/mol. The molecule has 0 aliphatic heterocycles. The number of hydrogen-bond acceptors (Lipinski definition) is 4. The van der Waals surface area contributed by atoms with E-state index in [0.29, 0.717) is 19.4 Å². The summed E-state index contributed by atoms with van der Waals surface area (Å²) in [6.07, 6.45) is 3.80. The Bertz CT molecular complexity index is 328. The van der Waals surface area contributed by atoms with E-state index in [1.807, 2.05) is 6.92 Å². The van der Waals surface area contributed by atoms with E-state index >= 15 is 0 Å². The van der Waals surface area contributed by atoms with Crippen molar-refractivity contribution in [3.05, 3.63) is 0 Å². The number of nitrogens with two attached hydrogens (primary N) is 3. The van der Waals surface area contributed by atoms with Crippen molar-refractivity contribution in [3.8, 4) is 0 Å². The van der Waals surface area contributed by atoms with E-state index in [0.717, 1.165) is 25.7 Å². The zero-order chi connectivity index (χ0) is 15.4. The van der Waals surface area contributed by atoms with Gasteiger partial charge in [-0.25, -0.2) is 0 Å². The molecule has 7 heteroatoms. The van der Waals surface area contributed by atoms with Crippen LogP contribution in [0.3, 0.4) is 0 Å². The average Bonchev–Trinajstić information content (AvgIpc) is 2.34. The summed E-state index contributed by atoms with van der Waals surface area (Å²) in [7, 11) is 0. The first-order chi connectivity index (χ1) is 9.45. The number of rotatable bonds is 11. The molecule has 7 nitrogen and oxygen atoms in total. The number of nitrogens with zero attached hydrogens (tertiary/aromatic N) is 1. The highest BCUT2D eigenvalue weighted by atomic mass is 16.5. The average molecular weight is 286 g/mol. The van der Waals surface area contributed by atoms with E-state index in [1.54, 1.807) is 0 Å². The quantitative estimate of drug-likeness (QED) is 0.219. The van der Waals surface area contributed by atoms with Crippen LogP contribution in [0.5, 0.6) is 0 Å². The summed E-state index contributed by atoms with van der Waals surface area (Å²) in [5.41, 5.74) is 15.6. The van der Waals surface area contributed by atoms with Gasteiger partial charge in [0, 0.05) is 13.0 Å². The summed E-state index contributed by atoms with van der Waals surface area (Å²) < 4.78 is 5.27. The monoisotopic (exact) mass is 286 g/mol. The number of ether oxygens (including phenoxy) is 1. The van der Waals surface area contributed by atoms with Crippen LogP contribution in [0.2, 0.25) is 0 Å². The Morgan fingerprint density at radius 2 is 1.85 bits per heavy atom. The van der Waals surface area contributed by atoms with E-state index in [2.05, 4.69) is 4.99 Å². The van der Waals surface area contributed by atoms with Gasteiger partial charge >= 0.3 is 5.97 Å². The second-order valence-corrected chi connectivity index (χ2v) is 4.69. The third-order valence-corrected chi connectivity index (χ3v) is 2.69. The lowest BCUT2D eigenvalue weighted by Crippen LogP contribution is -2.25. The number of carbonyl (C=O) groups is 2. The molecule has 0 radical (unpaired) electrons. The first kappa shape index (κ1) is 18.2. The Balaban J connectivity index is 4.04. The van der Waals surface area contributed by atoms with Crippen LogP contribution in [0.15, 0.2) is 4.99 Å². The fourth-order valence-electron chi connectivity index (χ4n) is 1.68. The van der Waals surface area contributed by atoms with E-state index in [9.17, 15) is 9.59 Å². The third-order valence-electron chi connectivity index (χ3n) is 2.69. The van der Waals surface area contributed by atoms with Gasteiger partial charge in [-0.1, -0.05) is 13.3 Å². The smallest absolute Gasteiger partial charge is 0.306 e. The van der Waals surface area contributed by atoms with Crippen molar-refractivity contribution >= 4 is 17.8 Å². The normalized spacial score (nSPS) is 11.7. The SMILES string of the molecule is CCCCC(=O)O[C@@H](CCCCN=C(N)N)CC(N)=O. The zero-order valence-electron chi connectivity index (χ0n) is 12.1. The molecular formula is C13H26N4O3. The Hall–Kier alpha value is -1.79. The Morgan fingerprint density at radius 1 is 1.15 bits per heavy atom. The van der Waals surface area contributed by atoms with Crippen molar-refractivity contribution in [2.24, 2.45) is 22.2 Å². The van der Waals surface area contributed by atoms with Crippen LogP contribution >= 0.6 is 0 Å². The van der Waals surface area contributed by atoms with Crippen LogP contribution in [0.25, 0.3) is 0 Å². The molecule has 116 valence electrons. The van der Waals surface area contributed by atoms with Gasteiger partial charge in [-0.15, -0.1) is 0 Å². The minimum absolute atomic E-state index is 0.0557. The van der Waals surface area contributed by atoms with E-state index in [-0.39, 0.29) is 18.3 Å². The zero-order valence-corrected chi connectivity index (χ0v) is 12.1. The molecule has 0 aromatic carbocycles. The maximum atomic E-state index is 11.5. The van der Waals surface area contributed by atoms with Crippen LogP contribution < -0.4 is 17.2 Å². The second kappa shape index (κ2) is 11.1. The van der Waals surface area contributed by atoms with Gasteiger partial charge in [0.1, 0.15) is 6.10 Å². The van der Waals surface area contributed by atoms with Gasteiger partial charge < -0.3 is 21.9 Å². The van der Waals surface area contributed by atoms with Crippen molar-refractivity contribution < 1.29 is 14.3 Å². The fourth-order valence-corrected chi connectivity index (χ4v) is 1.68. The lowest BCUT2D eigenvalue weighted by Gasteiger charge is -2.16. The maximum Gasteiger partial charge on any atom is 0.306 e. The second-order valence-electron chi connectivity index (χ2n) is 4.69. The first-order valence-electron chi connectivity index (χ1n) is 6.98. The van der Waals surface area contributed by atoms with Crippen molar-refractivity contribution in [3.63, 3.8) is 0 Å². The molecule has 1 atom stereocenters. The Morgan fingerprint density at radius 3 is 2.40 bits per heavy atom. The number of carbonyl (C=O) groups excluding carboxylic acids is 2. The first-order valence-corrected chi connectivity index (χ1v) is 6.98. The van der Waals surface area contributed by atoms with Crippen LogP contribution in [-0.2, 0) is 14.3 Å². The van der Waals surface area contributed by atoms with E-state index in [4.69, 9.17) is 21.9 Å². The molecule has 0 spiro atoms. The summed E-state index contributed by atoms with van der Waals surface area (Å²) in [5, 5.41) is 0. The molecule has 0 aromatic rings. The summed E-state index contributed by atoms with van der Waals surface area (Å²) in [6, 6.07) is 0. The minimum atomic E-state index is -0.470. The van der Waals surface area contributed by atoms with Gasteiger partial charge in [-0.2, -0.15) is 0 Å². The highest BCUT2D eigenvalue weighted by Crippen LogP contribution is 2.11. The third kappa shape index (κ3) is 11.3. The molecule has 0 aliphatic carbocycles. The largest absolute Gasteiger partial charge is 0.462 e. The van der Waals surface area contributed by atoms with Gasteiger partial charge in [0.2, 0.25) is 5.91 Å². The Labute approximate surface area is 119 Å². The molecule has 0 heterocycles. The Kier molecular flexibility index (Phi) is 10.1. The lowest BCUT2D eigenvalue weighted by atomic mass is 10.1. The molecule has 0 aliphatic rings. The van der Waals surface area contributed by atoms with Gasteiger partial charge in [-0.05, 0) is 25.7 Å². The molecule has 0 fully saturated rings. The standard InChI is InChI=1S/C13H26N4O3/c1-2-3-7-12(19)20-10(9-11(14)18)6-4-5-8-17-13(15)16/h10H,2-9H2,1H3,(H2,14,18)(H4,15,16,17)/t10-/m0/s1. The number of aliphatic imine (C=N–C) groups is 1. The van der Waals surface area contributed by atoms with Crippen molar-refractivity contribution in [1.29, 1.82) is 0 Å². The number of guanidine groups is 1. The van der Waals surface area contributed by atoms with E-state index in [1.165, 1.54) is 0 Å². The predicted octanol–water partition coefficient (Wildman–Crippen LogP) is 0.408. The summed E-state index contributed by atoms with van der Waals surface area (Å²) in [4.78, 5) is 26.4. The topological polar surface area (TPSA) is 134 Å². The predicted molar refractivity (Wildman–Crippen MR) is 77.7 cm³/mol. The van der Waals surface area contributed by atoms with Crippen molar-refractivity contribution in [1.82, 2.24) is 0 Å². The molecule has 1 amide bonds. The number of amides is 1.